The second kappa shape index (κ2) is 4.60. The molecule has 1 unspecified atom stereocenters. The molecule has 0 saturated carbocycles. The Hall–Kier alpha value is -2.45. The Morgan fingerprint density at radius 3 is 2.59 bits per heavy atom. The van der Waals surface area contributed by atoms with Crippen LogP contribution >= 0.6 is 0 Å². The molecule has 1 aromatic heterocycles. The first-order valence-corrected chi connectivity index (χ1v) is 4.49. The molecule has 0 fully saturated rings. The van der Waals surface area contributed by atoms with Crippen LogP contribution < -0.4 is 5.73 Å². The number of methoxy groups -OCH3 is 1. The van der Waals surface area contributed by atoms with Crippen LogP contribution in [0.2, 0.25) is 0 Å². The van der Waals surface area contributed by atoms with Crippen LogP contribution in [-0.2, 0) is 9.53 Å². The fourth-order valence-electron chi connectivity index (χ4n) is 1.17. The first-order valence-electron chi connectivity index (χ1n) is 4.49. The predicted octanol–water partition coefficient (Wildman–Crippen LogP) is -0.376. The maximum atomic E-state index is 11.2. The molecular formula is C8H10N4O5. The third-order valence-corrected chi connectivity index (χ3v) is 2.08. The molecule has 1 heterocycles. The zero-order chi connectivity index (χ0) is 13.2. The van der Waals surface area contributed by atoms with Crippen molar-refractivity contribution in [2.75, 3.05) is 7.11 Å². The molecule has 1 atom stereocenters. The topological polar surface area (TPSA) is 130 Å². The molecule has 0 aliphatic carbocycles. The van der Waals surface area contributed by atoms with Gasteiger partial charge in [0.1, 0.15) is 12.2 Å². The Kier molecular flexibility index (Phi) is 3.41. The van der Waals surface area contributed by atoms with Gasteiger partial charge in [-0.25, -0.2) is 4.79 Å². The second-order valence-electron chi connectivity index (χ2n) is 3.16. The van der Waals surface area contributed by atoms with E-state index in [9.17, 15) is 19.7 Å². The maximum Gasteiger partial charge on any atom is 0.330 e. The van der Waals surface area contributed by atoms with E-state index in [0.717, 1.165) is 10.9 Å². The number of rotatable bonds is 4. The number of amides is 1. The highest BCUT2D eigenvalue weighted by atomic mass is 16.6. The van der Waals surface area contributed by atoms with Crippen molar-refractivity contribution >= 4 is 17.6 Å². The molecule has 0 aliphatic heterocycles. The number of ether oxygens (including phenoxy) is 1. The van der Waals surface area contributed by atoms with E-state index < -0.39 is 34.2 Å². The Labute approximate surface area is 95.3 Å². The highest BCUT2D eigenvalue weighted by molar-refractivity contribution is 5.94. The highest BCUT2D eigenvalue weighted by Gasteiger charge is 2.27. The number of nitrogens with two attached hydrogens (primary N) is 1. The lowest BCUT2D eigenvalue weighted by Crippen LogP contribution is -2.19. The van der Waals surface area contributed by atoms with Crippen molar-refractivity contribution in [3.05, 3.63) is 22.0 Å². The lowest BCUT2D eigenvalue weighted by molar-refractivity contribution is -0.385. The number of nitro groups is 1. The van der Waals surface area contributed by atoms with Gasteiger partial charge in [0.15, 0.2) is 0 Å². The molecule has 0 bridgehead atoms. The van der Waals surface area contributed by atoms with Gasteiger partial charge >= 0.3 is 11.7 Å². The Morgan fingerprint density at radius 1 is 1.65 bits per heavy atom. The lowest BCUT2D eigenvalue weighted by atomic mass is 10.3. The van der Waals surface area contributed by atoms with Gasteiger partial charge in [0.05, 0.1) is 12.0 Å². The zero-order valence-corrected chi connectivity index (χ0v) is 9.11. The van der Waals surface area contributed by atoms with Gasteiger partial charge in [-0.1, -0.05) is 0 Å². The molecule has 92 valence electrons. The van der Waals surface area contributed by atoms with Crippen molar-refractivity contribution in [3.63, 3.8) is 0 Å². The van der Waals surface area contributed by atoms with Gasteiger partial charge in [0, 0.05) is 0 Å². The van der Waals surface area contributed by atoms with E-state index in [1.807, 2.05) is 0 Å². The molecule has 0 radical (unpaired) electrons. The van der Waals surface area contributed by atoms with E-state index in [0.29, 0.717) is 0 Å². The van der Waals surface area contributed by atoms with Crippen molar-refractivity contribution in [1.82, 2.24) is 9.78 Å². The monoisotopic (exact) mass is 242 g/mol. The van der Waals surface area contributed by atoms with Crippen molar-refractivity contribution in [2.24, 2.45) is 5.73 Å². The largest absolute Gasteiger partial charge is 0.467 e. The standard InChI is InChI=1S/C8H10N4O5/c1-4(8(14)17-2)11-3-5(12(15)16)6(10-11)7(9)13/h3-4H,1-2H3,(H2,9,13). The van der Waals surface area contributed by atoms with E-state index in [2.05, 4.69) is 9.84 Å². The number of hydrogen-bond donors (Lipinski definition) is 1. The molecule has 1 aromatic rings. The second-order valence-corrected chi connectivity index (χ2v) is 3.16. The highest BCUT2D eigenvalue weighted by Crippen LogP contribution is 2.19. The zero-order valence-electron chi connectivity index (χ0n) is 9.11. The van der Waals surface area contributed by atoms with Crippen molar-refractivity contribution < 1.29 is 19.2 Å². The summed E-state index contributed by atoms with van der Waals surface area (Å²) in [5.74, 6) is -1.68. The summed E-state index contributed by atoms with van der Waals surface area (Å²) in [4.78, 5) is 32.0. The quantitative estimate of drug-likeness (QED) is 0.435. The lowest BCUT2D eigenvalue weighted by Gasteiger charge is -2.07. The third-order valence-electron chi connectivity index (χ3n) is 2.08. The molecule has 17 heavy (non-hydrogen) atoms. The van der Waals surface area contributed by atoms with Crippen LogP contribution in [0.4, 0.5) is 5.69 Å². The minimum Gasteiger partial charge on any atom is -0.467 e. The van der Waals surface area contributed by atoms with E-state index in [-0.39, 0.29) is 0 Å². The molecule has 0 saturated heterocycles. The van der Waals surface area contributed by atoms with Gasteiger partial charge in [0.2, 0.25) is 5.69 Å². The average Bonchev–Trinajstić information content (AvgIpc) is 2.71. The number of carbonyl (C=O) groups excluding carboxylic acids is 2. The molecular weight excluding hydrogens is 232 g/mol. The fraction of sp³-hybridized carbons (Fsp3) is 0.375. The SMILES string of the molecule is COC(=O)C(C)n1cc([N+](=O)[O-])c(C(N)=O)n1. The number of carbonyl (C=O) groups is 2. The third kappa shape index (κ3) is 2.38. The van der Waals surface area contributed by atoms with Crippen molar-refractivity contribution in [3.8, 4) is 0 Å². The van der Waals surface area contributed by atoms with E-state index in [4.69, 9.17) is 5.73 Å². The summed E-state index contributed by atoms with van der Waals surface area (Å²) in [5, 5.41) is 14.2. The molecule has 9 nitrogen and oxygen atoms in total. The summed E-state index contributed by atoms with van der Waals surface area (Å²) in [6.45, 7) is 1.42. The van der Waals surface area contributed by atoms with Crippen molar-refractivity contribution in [2.45, 2.75) is 13.0 Å². The van der Waals surface area contributed by atoms with Crippen LogP contribution in [-0.4, -0.2) is 33.7 Å². The summed E-state index contributed by atoms with van der Waals surface area (Å²) in [6.07, 6.45) is 0.960. The molecule has 9 heteroatoms. The number of primary amides is 1. The summed E-state index contributed by atoms with van der Waals surface area (Å²) >= 11 is 0. The van der Waals surface area contributed by atoms with Crippen LogP contribution in [0.5, 0.6) is 0 Å². The van der Waals surface area contributed by atoms with Gasteiger partial charge in [-0.3, -0.25) is 19.6 Å². The summed E-state index contributed by atoms with van der Waals surface area (Å²) in [6, 6.07) is -0.883. The number of aromatic nitrogens is 2. The normalized spacial score (nSPS) is 11.9. The van der Waals surface area contributed by atoms with Gasteiger partial charge in [-0.15, -0.1) is 0 Å². The van der Waals surface area contributed by atoms with Crippen LogP contribution in [0, 0.1) is 10.1 Å². The number of esters is 1. The van der Waals surface area contributed by atoms with E-state index in [1.165, 1.54) is 14.0 Å². The minimum atomic E-state index is -1.03. The van der Waals surface area contributed by atoms with Crippen LogP contribution in [0.25, 0.3) is 0 Å². The Balaban J connectivity index is 3.21. The molecule has 1 amide bonds. The molecule has 0 aromatic carbocycles. The van der Waals surface area contributed by atoms with Crippen LogP contribution in [0.3, 0.4) is 0 Å². The first-order chi connectivity index (χ1) is 7.88. The van der Waals surface area contributed by atoms with E-state index in [1.54, 1.807) is 0 Å². The van der Waals surface area contributed by atoms with Gasteiger partial charge in [0.25, 0.3) is 5.91 Å². The number of nitrogens with zero attached hydrogens (tertiary/aromatic N) is 3. The van der Waals surface area contributed by atoms with Gasteiger partial charge in [-0.2, -0.15) is 5.10 Å². The summed E-state index contributed by atoms with van der Waals surface area (Å²) < 4.78 is 5.41. The summed E-state index contributed by atoms with van der Waals surface area (Å²) in [5.41, 5.74) is 3.90. The molecule has 0 aliphatic rings. The maximum absolute atomic E-state index is 11.2. The number of hydrogen-bond acceptors (Lipinski definition) is 6. The fourth-order valence-corrected chi connectivity index (χ4v) is 1.17. The predicted molar refractivity (Wildman–Crippen MR) is 54.1 cm³/mol. The van der Waals surface area contributed by atoms with E-state index >= 15 is 0 Å². The molecule has 1 rings (SSSR count). The minimum absolute atomic E-state index is 0.495. The Morgan fingerprint density at radius 2 is 2.24 bits per heavy atom. The van der Waals surface area contributed by atoms with Crippen LogP contribution in [0.15, 0.2) is 6.20 Å². The Bertz CT molecular complexity index is 449. The first kappa shape index (κ1) is 12.6. The van der Waals surface area contributed by atoms with Gasteiger partial charge in [-0.05, 0) is 6.92 Å². The molecule has 0 spiro atoms. The molecule has 2 N–H and O–H groups in total. The summed E-state index contributed by atoms with van der Waals surface area (Å²) in [7, 11) is 1.17. The average molecular weight is 242 g/mol. The van der Waals surface area contributed by atoms with Gasteiger partial charge < -0.3 is 10.5 Å². The van der Waals surface area contributed by atoms with Crippen LogP contribution in [0.1, 0.15) is 23.5 Å². The van der Waals surface area contributed by atoms with Crippen molar-refractivity contribution in [1.29, 1.82) is 0 Å². The smallest absolute Gasteiger partial charge is 0.330 e.